The summed E-state index contributed by atoms with van der Waals surface area (Å²) < 4.78 is 0. The van der Waals surface area contributed by atoms with Gasteiger partial charge in [-0.2, -0.15) is 0 Å². The number of rotatable bonds is 4. The van der Waals surface area contributed by atoms with Crippen molar-refractivity contribution in [2.75, 3.05) is 0 Å². The molecule has 0 radical (unpaired) electrons. The first-order valence-corrected chi connectivity index (χ1v) is 6.86. The molecular formula is C15H28O. The van der Waals surface area contributed by atoms with Gasteiger partial charge in [-0.3, -0.25) is 4.79 Å². The van der Waals surface area contributed by atoms with E-state index in [1.54, 1.807) is 0 Å². The summed E-state index contributed by atoms with van der Waals surface area (Å²) in [5.41, 5.74) is 0.152. The van der Waals surface area contributed by atoms with E-state index >= 15 is 0 Å². The van der Waals surface area contributed by atoms with E-state index in [4.69, 9.17) is 0 Å². The molecule has 94 valence electrons. The van der Waals surface area contributed by atoms with E-state index in [0.29, 0.717) is 17.6 Å². The Kier molecular flexibility index (Phi) is 4.58. The molecule has 0 aromatic carbocycles. The number of hydrogen-bond acceptors (Lipinski definition) is 1. The maximum absolute atomic E-state index is 12.3. The molecular weight excluding hydrogens is 196 g/mol. The number of carbonyl (C=O) groups is 1. The predicted octanol–water partition coefficient (Wildman–Crippen LogP) is 4.45. The quantitative estimate of drug-likeness (QED) is 0.689. The van der Waals surface area contributed by atoms with Gasteiger partial charge in [-0.1, -0.05) is 47.5 Å². The Balaban J connectivity index is 2.59. The van der Waals surface area contributed by atoms with Gasteiger partial charge >= 0.3 is 0 Å². The second-order valence-electron chi connectivity index (χ2n) is 6.94. The van der Waals surface area contributed by atoms with Crippen molar-refractivity contribution in [2.24, 2.45) is 23.2 Å². The second-order valence-corrected chi connectivity index (χ2v) is 6.94. The topological polar surface area (TPSA) is 17.1 Å². The molecule has 3 atom stereocenters. The van der Waals surface area contributed by atoms with Gasteiger partial charge in [-0.15, -0.1) is 0 Å². The molecule has 1 heteroatoms. The van der Waals surface area contributed by atoms with Crippen LogP contribution in [-0.2, 0) is 4.79 Å². The third-order valence-corrected chi connectivity index (χ3v) is 3.71. The minimum Gasteiger partial charge on any atom is -0.299 e. The Morgan fingerprint density at radius 1 is 1.25 bits per heavy atom. The van der Waals surface area contributed by atoms with E-state index in [1.807, 2.05) is 0 Å². The van der Waals surface area contributed by atoms with Gasteiger partial charge in [0.05, 0.1) is 0 Å². The summed E-state index contributed by atoms with van der Waals surface area (Å²) in [6.07, 6.45) is 5.63. The van der Waals surface area contributed by atoms with E-state index in [9.17, 15) is 4.79 Å². The lowest BCUT2D eigenvalue weighted by molar-refractivity contribution is -0.125. The summed E-state index contributed by atoms with van der Waals surface area (Å²) in [5, 5.41) is 0. The van der Waals surface area contributed by atoms with Crippen LogP contribution in [-0.4, -0.2) is 5.78 Å². The van der Waals surface area contributed by atoms with Gasteiger partial charge in [-0.25, -0.2) is 0 Å². The van der Waals surface area contributed by atoms with Crippen molar-refractivity contribution in [1.82, 2.24) is 0 Å². The zero-order chi connectivity index (χ0) is 12.3. The lowest BCUT2D eigenvalue weighted by atomic mass is 9.81. The molecule has 1 rings (SSSR count). The smallest absolute Gasteiger partial charge is 0.136 e. The van der Waals surface area contributed by atoms with Gasteiger partial charge in [0.25, 0.3) is 0 Å². The molecule has 0 aromatic rings. The van der Waals surface area contributed by atoms with Gasteiger partial charge in [0.15, 0.2) is 0 Å². The molecule has 0 saturated heterocycles. The van der Waals surface area contributed by atoms with Crippen molar-refractivity contribution in [2.45, 2.75) is 66.7 Å². The Hall–Kier alpha value is -0.330. The van der Waals surface area contributed by atoms with Crippen molar-refractivity contribution in [3.05, 3.63) is 0 Å². The largest absolute Gasteiger partial charge is 0.299 e. The highest BCUT2D eigenvalue weighted by molar-refractivity contribution is 5.82. The monoisotopic (exact) mass is 224 g/mol. The Bertz CT molecular complexity index is 236. The molecule has 0 aromatic heterocycles. The van der Waals surface area contributed by atoms with Gasteiger partial charge in [0.1, 0.15) is 5.78 Å². The number of ketones is 1. The Morgan fingerprint density at radius 3 is 2.38 bits per heavy atom. The molecule has 1 fully saturated rings. The van der Waals surface area contributed by atoms with Crippen LogP contribution in [0.15, 0.2) is 0 Å². The van der Waals surface area contributed by atoms with E-state index in [2.05, 4.69) is 34.6 Å². The van der Waals surface area contributed by atoms with Crippen LogP contribution in [0, 0.1) is 23.2 Å². The zero-order valence-electron chi connectivity index (χ0n) is 11.7. The standard InChI is InChI=1S/C15H28O/c1-6-7-12-8-11(2)9-13(12)14(16)10-15(3,4)5/h11-13H,6-10H2,1-5H3. The normalized spacial score (nSPS) is 30.7. The predicted molar refractivity (Wildman–Crippen MR) is 69.4 cm³/mol. The number of hydrogen-bond donors (Lipinski definition) is 0. The van der Waals surface area contributed by atoms with Crippen molar-refractivity contribution >= 4 is 5.78 Å². The SMILES string of the molecule is CCCC1CC(C)CC1C(=O)CC(C)(C)C. The summed E-state index contributed by atoms with van der Waals surface area (Å²) in [6.45, 7) is 11.0. The van der Waals surface area contributed by atoms with E-state index in [1.165, 1.54) is 19.3 Å². The van der Waals surface area contributed by atoms with E-state index in [0.717, 1.165) is 18.8 Å². The molecule has 0 spiro atoms. The molecule has 0 bridgehead atoms. The third-order valence-electron chi connectivity index (χ3n) is 3.71. The molecule has 0 aliphatic heterocycles. The minimum absolute atomic E-state index is 0.152. The Morgan fingerprint density at radius 2 is 1.88 bits per heavy atom. The van der Waals surface area contributed by atoms with Crippen LogP contribution in [0.5, 0.6) is 0 Å². The average Bonchev–Trinajstić information content (AvgIpc) is 2.44. The lowest BCUT2D eigenvalue weighted by Crippen LogP contribution is -2.23. The average molecular weight is 224 g/mol. The molecule has 1 saturated carbocycles. The molecule has 3 unspecified atom stereocenters. The maximum Gasteiger partial charge on any atom is 0.136 e. The molecule has 0 heterocycles. The van der Waals surface area contributed by atoms with Crippen LogP contribution >= 0.6 is 0 Å². The zero-order valence-corrected chi connectivity index (χ0v) is 11.7. The summed E-state index contributed by atoms with van der Waals surface area (Å²) in [5.74, 6) is 2.32. The molecule has 0 amide bonds. The van der Waals surface area contributed by atoms with Crippen molar-refractivity contribution in [3.8, 4) is 0 Å². The van der Waals surface area contributed by atoms with Crippen LogP contribution in [0.4, 0.5) is 0 Å². The van der Waals surface area contributed by atoms with Crippen molar-refractivity contribution < 1.29 is 4.79 Å². The van der Waals surface area contributed by atoms with Crippen LogP contribution in [0.1, 0.15) is 66.7 Å². The van der Waals surface area contributed by atoms with Crippen LogP contribution in [0.2, 0.25) is 0 Å². The molecule has 1 aliphatic carbocycles. The van der Waals surface area contributed by atoms with Gasteiger partial charge in [-0.05, 0) is 30.1 Å². The number of carbonyl (C=O) groups excluding carboxylic acids is 1. The molecule has 0 N–H and O–H groups in total. The highest BCUT2D eigenvalue weighted by Gasteiger charge is 2.36. The summed E-state index contributed by atoms with van der Waals surface area (Å²) in [6, 6.07) is 0. The van der Waals surface area contributed by atoms with Gasteiger partial charge in [0, 0.05) is 12.3 Å². The third kappa shape index (κ3) is 3.92. The van der Waals surface area contributed by atoms with Crippen LogP contribution < -0.4 is 0 Å². The first kappa shape index (κ1) is 13.7. The molecule has 16 heavy (non-hydrogen) atoms. The van der Waals surface area contributed by atoms with E-state index < -0.39 is 0 Å². The fraction of sp³-hybridized carbons (Fsp3) is 0.933. The van der Waals surface area contributed by atoms with Crippen molar-refractivity contribution in [3.63, 3.8) is 0 Å². The number of Topliss-reactive ketones (excluding diaryl/α,β-unsaturated/α-hetero) is 1. The summed E-state index contributed by atoms with van der Waals surface area (Å²) in [4.78, 5) is 12.3. The van der Waals surface area contributed by atoms with Gasteiger partial charge in [0.2, 0.25) is 0 Å². The van der Waals surface area contributed by atoms with E-state index in [-0.39, 0.29) is 5.41 Å². The maximum atomic E-state index is 12.3. The fourth-order valence-corrected chi connectivity index (χ4v) is 3.14. The summed E-state index contributed by atoms with van der Waals surface area (Å²) >= 11 is 0. The highest BCUT2D eigenvalue weighted by atomic mass is 16.1. The van der Waals surface area contributed by atoms with Gasteiger partial charge < -0.3 is 0 Å². The van der Waals surface area contributed by atoms with Crippen molar-refractivity contribution in [1.29, 1.82) is 0 Å². The molecule has 1 aliphatic rings. The first-order valence-electron chi connectivity index (χ1n) is 6.86. The first-order chi connectivity index (χ1) is 7.33. The fourth-order valence-electron chi connectivity index (χ4n) is 3.14. The highest BCUT2D eigenvalue weighted by Crippen LogP contribution is 2.41. The summed E-state index contributed by atoms with van der Waals surface area (Å²) in [7, 11) is 0. The minimum atomic E-state index is 0.152. The molecule has 1 nitrogen and oxygen atoms in total. The lowest BCUT2D eigenvalue weighted by Gasteiger charge is -2.23. The van der Waals surface area contributed by atoms with Crippen LogP contribution in [0.25, 0.3) is 0 Å². The second kappa shape index (κ2) is 5.33. The Labute approximate surface area is 101 Å². The van der Waals surface area contributed by atoms with Crippen LogP contribution in [0.3, 0.4) is 0 Å².